The van der Waals surface area contributed by atoms with Crippen LogP contribution >= 0.6 is 0 Å². The third kappa shape index (κ3) is 7.04. The lowest BCUT2D eigenvalue weighted by Gasteiger charge is -2.48. The number of benzene rings is 1. The minimum atomic E-state index is -0.869. The highest BCUT2D eigenvalue weighted by atomic mass is 28.1. The third-order valence-electron chi connectivity index (χ3n) is 9.85. The Morgan fingerprint density at radius 2 is 1.96 bits per heavy atom. The first-order chi connectivity index (χ1) is 23.4. The molecule has 1 atom stereocenters. The van der Waals surface area contributed by atoms with Crippen LogP contribution in [-0.4, -0.2) is 111 Å². The number of likely N-dealkylation sites (tertiary alicyclic amines) is 1. The Hall–Kier alpha value is -4.05. The van der Waals surface area contributed by atoms with E-state index in [1.54, 1.807) is 11.0 Å². The van der Waals surface area contributed by atoms with Crippen LogP contribution in [-0.2, 0) is 22.5 Å². The first-order valence-electron chi connectivity index (χ1n) is 17.2. The maximum Gasteiger partial charge on any atom is 0.318 e. The molecule has 0 unspecified atom stereocenters. The molecule has 1 saturated carbocycles. The molecular formula is C36H43N8O3Si. The number of amides is 1. The van der Waals surface area contributed by atoms with E-state index in [1.165, 1.54) is 23.8 Å². The van der Waals surface area contributed by atoms with Gasteiger partial charge in [-0.1, -0.05) is 24.3 Å². The molecule has 3 radical (unpaired) electrons. The molecule has 249 valence electrons. The van der Waals surface area contributed by atoms with Gasteiger partial charge >= 0.3 is 6.01 Å². The molecule has 0 N–H and O–H groups in total. The summed E-state index contributed by atoms with van der Waals surface area (Å²) in [4.78, 5) is 36.6. The number of piperazine rings is 1. The maximum atomic E-state index is 13.5. The van der Waals surface area contributed by atoms with Gasteiger partial charge in [-0.2, -0.15) is 15.2 Å². The van der Waals surface area contributed by atoms with E-state index < -0.39 is 5.16 Å². The average molecular weight is 664 g/mol. The van der Waals surface area contributed by atoms with E-state index in [-0.39, 0.29) is 12.3 Å². The van der Waals surface area contributed by atoms with Crippen molar-refractivity contribution >= 4 is 38.4 Å². The number of fused-ring (bicyclic) bond motifs is 2. The Labute approximate surface area is 286 Å². The van der Waals surface area contributed by atoms with Gasteiger partial charge in [0, 0.05) is 61.3 Å². The van der Waals surface area contributed by atoms with Crippen molar-refractivity contribution in [3.05, 3.63) is 59.6 Å². The Bertz CT molecular complexity index is 1710. The number of ether oxygens (including phenoxy) is 2. The monoisotopic (exact) mass is 663 g/mol. The smallest absolute Gasteiger partial charge is 0.318 e. The molecule has 4 aliphatic rings. The van der Waals surface area contributed by atoms with Crippen molar-refractivity contribution in [2.24, 2.45) is 0 Å². The summed E-state index contributed by atoms with van der Waals surface area (Å²) in [5, 5.41) is 11.3. The molecule has 7 rings (SSSR count). The van der Waals surface area contributed by atoms with Gasteiger partial charge in [0.25, 0.3) is 0 Å². The molecule has 0 spiro atoms. The van der Waals surface area contributed by atoms with Gasteiger partial charge in [0.05, 0.1) is 64.7 Å². The Balaban J connectivity index is 1.15. The van der Waals surface area contributed by atoms with Gasteiger partial charge in [0.1, 0.15) is 12.4 Å². The summed E-state index contributed by atoms with van der Waals surface area (Å²) in [6.45, 7) is 8.73. The number of carbonyl (C=O) groups is 1. The summed E-state index contributed by atoms with van der Waals surface area (Å²) in [5.74, 6) is 0.723. The zero-order valence-electron chi connectivity index (χ0n) is 27.7. The summed E-state index contributed by atoms with van der Waals surface area (Å²) in [7, 11) is 3.93. The van der Waals surface area contributed by atoms with Crippen molar-refractivity contribution in [3.8, 4) is 12.1 Å². The van der Waals surface area contributed by atoms with E-state index in [2.05, 4.69) is 61.1 Å². The molecule has 3 aromatic rings. The molecule has 0 bridgehead atoms. The highest BCUT2D eigenvalue weighted by Gasteiger charge is 2.41. The van der Waals surface area contributed by atoms with E-state index in [1.807, 2.05) is 18.5 Å². The molecule has 3 aliphatic heterocycles. The topological polar surface area (TPSA) is 111 Å². The van der Waals surface area contributed by atoms with Crippen molar-refractivity contribution in [1.82, 2.24) is 24.8 Å². The van der Waals surface area contributed by atoms with Crippen LogP contribution in [0.25, 0.3) is 10.8 Å². The lowest BCUT2D eigenvalue weighted by Crippen LogP contribution is -2.64. The number of anilines is 2. The van der Waals surface area contributed by atoms with Crippen LogP contribution in [0.15, 0.2) is 42.7 Å². The van der Waals surface area contributed by atoms with Gasteiger partial charge in [-0.05, 0) is 57.7 Å². The Kier molecular flexibility index (Phi) is 9.61. The largest absolute Gasteiger partial charge is 0.461 e. The molecule has 2 saturated heterocycles. The molecular weight excluding hydrogens is 621 g/mol. The van der Waals surface area contributed by atoms with Crippen molar-refractivity contribution in [2.45, 2.75) is 63.3 Å². The minimum absolute atomic E-state index is 0.0851. The van der Waals surface area contributed by atoms with Gasteiger partial charge < -0.3 is 24.2 Å². The molecule has 12 heteroatoms. The van der Waals surface area contributed by atoms with Crippen molar-refractivity contribution in [3.63, 3.8) is 0 Å². The number of hydrogen-bond donors (Lipinski definition) is 0. The number of carbonyl (C=O) groups excluding carboxylic acids is 1. The molecule has 3 fully saturated rings. The molecule has 5 heterocycles. The molecule has 2 aromatic heterocycles. The van der Waals surface area contributed by atoms with Gasteiger partial charge in [-0.15, -0.1) is 0 Å². The van der Waals surface area contributed by atoms with Crippen LogP contribution in [0, 0.1) is 18.3 Å². The second-order valence-electron chi connectivity index (χ2n) is 13.4. The Morgan fingerprint density at radius 1 is 1.10 bits per heavy atom. The van der Waals surface area contributed by atoms with E-state index >= 15 is 0 Å². The summed E-state index contributed by atoms with van der Waals surface area (Å²) in [6.07, 6.45) is 13.4. The normalized spacial score (nSPS) is 21.6. The molecule has 11 nitrogen and oxygen atoms in total. The fourth-order valence-electron chi connectivity index (χ4n) is 7.20. The molecule has 1 aliphatic carbocycles. The number of nitrogens with zero attached hydrogens (tertiary/aromatic N) is 8. The predicted molar refractivity (Wildman–Crippen MR) is 185 cm³/mol. The number of nitriles is 1. The second-order valence-corrected chi connectivity index (χ2v) is 14.3. The first-order valence-corrected chi connectivity index (χ1v) is 17.7. The van der Waals surface area contributed by atoms with Gasteiger partial charge in [-0.3, -0.25) is 14.7 Å². The molecule has 1 aromatic carbocycles. The van der Waals surface area contributed by atoms with Crippen LogP contribution in [0.3, 0.4) is 0 Å². The highest BCUT2D eigenvalue weighted by molar-refractivity contribution is 6.18. The van der Waals surface area contributed by atoms with Crippen molar-refractivity contribution in [1.29, 1.82) is 5.26 Å². The van der Waals surface area contributed by atoms with E-state index in [9.17, 15) is 10.1 Å². The zero-order valence-corrected chi connectivity index (χ0v) is 28.7. The zero-order chi connectivity index (χ0) is 33.1. The minimum Gasteiger partial charge on any atom is -0.461 e. The first kappa shape index (κ1) is 32.5. The van der Waals surface area contributed by atoms with Crippen LogP contribution in [0.2, 0.25) is 0 Å². The van der Waals surface area contributed by atoms with Crippen LogP contribution < -0.4 is 14.5 Å². The number of aromatic nitrogens is 3. The summed E-state index contributed by atoms with van der Waals surface area (Å²) < 4.78 is 11.9. The molecule has 1 amide bonds. The lowest BCUT2D eigenvalue weighted by molar-refractivity contribution is -0.129. The van der Waals surface area contributed by atoms with E-state index in [4.69, 9.17) is 19.4 Å². The number of pyridine rings is 1. The summed E-state index contributed by atoms with van der Waals surface area (Å²) in [6, 6.07) is 8.95. The van der Waals surface area contributed by atoms with E-state index in [0.717, 1.165) is 73.6 Å². The van der Waals surface area contributed by atoms with Crippen molar-refractivity contribution in [2.75, 3.05) is 68.8 Å². The summed E-state index contributed by atoms with van der Waals surface area (Å²) >= 11 is 0. The highest BCUT2D eigenvalue weighted by Crippen LogP contribution is 2.36. The fraction of sp³-hybridized carbons (Fsp3) is 0.528. The number of hydrogen-bond acceptors (Lipinski definition) is 10. The maximum absolute atomic E-state index is 13.5. The van der Waals surface area contributed by atoms with Gasteiger partial charge in [-0.25, -0.2) is 0 Å². The van der Waals surface area contributed by atoms with Gasteiger partial charge in [0.2, 0.25) is 5.91 Å². The standard InChI is InChI=1S/C36H43N8O3Si/c1-26-6-4-7-27-22-38-23-31(33(26)27)42-17-11-29-30(24-42)39-35(47-21-20-46-28-9-10-28)40-34(29)43-18-19-44(36(48,25-43)12-13-37)32(45)8-5-16-41-14-2-3-15-41/h4-8,22-23,28H,2-3,9-12,14-21,24-25H2,1H3/b8-5+/t36-/m0/s1. The number of rotatable bonds is 11. The van der Waals surface area contributed by atoms with Crippen molar-refractivity contribution < 1.29 is 14.3 Å². The second kappa shape index (κ2) is 14.2. The average Bonchev–Trinajstić information content (AvgIpc) is 3.77. The van der Waals surface area contributed by atoms with E-state index in [0.29, 0.717) is 51.5 Å². The predicted octanol–water partition coefficient (Wildman–Crippen LogP) is 3.53. The quantitative estimate of drug-likeness (QED) is 0.172. The lowest BCUT2D eigenvalue weighted by atomic mass is 10.0. The van der Waals surface area contributed by atoms with Crippen LogP contribution in [0.1, 0.15) is 48.9 Å². The summed E-state index contributed by atoms with van der Waals surface area (Å²) in [5.41, 5.74) is 4.30. The van der Waals surface area contributed by atoms with Gasteiger partial charge in [0.15, 0.2) is 0 Å². The molecule has 48 heavy (non-hydrogen) atoms. The van der Waals surface area contributed by atoms with Crippen LogP contribution in [0.4, 0.5) is 11.5 Å². The number of aryl methyl sites for hydroxylation is 1. The SMILES string of the molecule is Cc1cccc2cncc(N3CCc4c(nc(OCCOC5CC5)nc4N4CCN(C(=O)/C=C/CN5CCCC5)[C@]([Si])(CC#N)C4)C3)c12. The third-order valence-corrected chi connectivity index (χ3v) is 10.5. The Morgan fingerprint density at radius 3 is 2.77 bits per heavy atom. The van der Waals surface area contributed by atoms with Crippen LogP contribution in [0.5, 0.6) is 6.01 Å². The fourth-order valence-corrected chi connectivity index (χ4v) is 7.69.